The van der Waals surface area contributed by atoms with Gasteiger partial charge in [0.05, 0.1) is 42.0 Å². The van der Waals surface area contributed by atoms with Crippen molar-refractivity contribution in [3.05, 3.63) is 65.6 Å². The molecule has 0 spiro atoms. The normalized spacial score (nSPS) is 21.5. The minimum absolute atomic E-state index is 0.213. The van der Waals surface area contributed by atoms with E-state index in [-0.39, 0.29) is 5.92 Å². The Morgan fingerprint density at radius 1 is 1.16 bits per heavy atom. The van der Waals surface area contributed by atoms with Gasteiger partial charge < -0.3 is 23.7 Å². The molecule has 2 aliphatic rings. The quantitative estimate of drug-likeness (QED) is 0.722. The topological polar surface area (TPSA) is 72.6 Å². The van der Waals surface area contributed by atoms with E-state index in [1.165, 1.54) is 0 Å². The SMILES string of the molecule is C=CC(c1ccc(N2CCOCC2)cn1)c1cc(C2OC(C)(C)C(C)(C)O2)cn(C)c1=N. The third-order valence-corrected chi connectivity index (χ3v) is 6.85. The van der Waals surface area contributed by atoms with E-state index in [9.17, 15) is 0 Å². The van der Waals surface area contributed by atoms with Gasteiger partial charge in [-0.05, 0) is 45.9 Å². The molecule has 0 saturated carbocycles. The van der Waals surface area contributed by atoms with Crippen molar-refractivity contribution in [1.82, 2.24) is 9.55 Å². The monoisotopic (exact) mass is 438 g/mol. The van der Waals surface area contributed by atoms with Gasteiger partial charge in [-0.15, -0.1) is 6.58 Å². The Hall–Kier alpha value is -2.48. The number of aromatic nitrogens is 2. The fourth-order valence-electron chi connectivity index (χ4n) is 4.12. The second kappa shape index (κ2) is 8.46. The lowest BCUT2D eigenvalue weighted by Gasteiger charge is -2.30. The number of hydrogen-bond donors (Lipinski definition) is 1. The van der Waals surface area contributed by atoms with Crippen LogP contribution < -0.4 is 10.4 Å². The molecule has 2 fully saturated rings. The molecular formula is C25H34N4O3. The Labute approximate surface area is 190 Å². The van der Waals surface area contributed by atoms with Crippen LogP contribution in [0.5, 0.6) is 0 Å². The van der Waals surface area contributed by atoms with Gasteiger partial charge in [0.15, 0.2) is 6.29 Å². The highest BCUT2D eigenvalue weighted by atomic mass is 16.7. The van der Waals surface area contributed by atoms with Crippen LogP contribution in [-0.4, -0.2) is 47.1 Å². The summed E-state index contributed by atoms with van der Waals surface area (Å²) in [5.41, 5.74) is 3.21. The van der Waals surface area contributed by atoms with Gasteiger partial charge in [0, 0.05) is 43.4 Å². The molecule has 0 aromatic carbocycles. The Morgan fingerprint density at radius 2 is 1.81 bits per heavy atom. The number of morpholine rings is 1. The van der Waals surface area contributed by atoms with Crippen LogP contribution in [0.2, 0.25) is 0 Å². The molecule has 172 valence electrons. The van der Waals surface area contributed by atoms with Crippen LogP contribution in [0.15, 0.2) is 43.2 Å². The van der Waals surface area contributed by atoms with E-state index in [1.807, 2.05) is 65.3 Å². The zero-order chi connectivity index (χ0) is 23.1. The molecule has 4 heterocycles. The largest absolute Gasteiger partial charge is 0.378 e. The lowest BCUT2D eigenvalue weighted by atomic mass is 9.90. The molecule has 7 heteroatoms. The standard InChI is InChI=1S/C25H34N4O3/c1-7-19(21-9-8-18(15-27-21)29-10-12-30-13-11-29)20-14-17(16-28(6)22(20)26)23-31-24(2,3)25(4,5)32-23/h7-9,14-16,19,23,26H,1,10-13H2,2-6H3. The molecule has 2 saturated heterocycles. The van der Waals surface area contributed by atoms with Crippen LogP contribution >= 0.6 is 0 Å². The van der Waals surface area contributed by atoms with E-state index < -0.39 is 17.5 Å². The number of pyridine rings is 2. The second-order valence-electron chi connectivity index (χ2n) is 9.53. The fraction of sp³-hybridized carbons (Fsp3) is 0.520. The maximum absolute atomic E-state index is 8.69. The van der Waals surface area contributed by atoms with E-state index in [2.05, 4.69) is 17.5 Å². The summed E-state index contributed by atoms with van der Waals surface area (Å²) in [6, 6.07) is 6.11. The van der Waals surface area contributed by atoms with Crippen LogP contribution in [0.3, 0.4) is 0 Å². The van der Waals surface area contributed by atoms with Gasteiger partial charge in [0.25, 0.3) is 0 Å². The molecule has 2 aliphatic heterocycles. The van der Waals surface area contributed by atoms with Gasteiger partial charge in [-0.1, -0.05) is 6.08 Å². The van der Waals surface area contributed by atoms with Crippen LogP contribution in [0, 0.1) is 5.41 Å². The second-order valence-corrected chi connectivity index (χ2v) is 9.53. The first-order chi connectivity index (χ1) is 15.1. The first-order valence-electron chi connectivity index (χ1n) is 11.1. The summed E-state index contributed by atoms with van der Waals surface area (Å²) in [7, 11) is 1.87. The van der Waals surface area contributed by atoms with Crippen molar-refractivity contribution >= 4 is 5.69 Å². The molecule has 7 nitrogen and oxygen atoms in total. The zero-order valence-electron chi connectivity index (χ0n) is 19.7. The zero-order valence-corrected chi connectivity index (χ0v) is 19.7. The maximum atomic E-state index is 8.69. The molecule has 2 aromatic heterocycles. The average molecular weight is 439 g/mol. The molecule has 4 rings (SSSR count). The summed E-state index contributed by atoms with van der Waals surface area (Å²) in [5, 5.41) is 8.69. The summed E-state index contributed by atoms with van der Waals surface area (Å²) < 4.78 is 19.7. The number of allylic oxidation sites excluding steroid dienone is 1. The number of nitrogens with zero attached hydrogens (tertiary/aromatic N) is 3. The minimum atomic E-state index is -0.493. The smallest absolute Gasteiger partial charge is 0.186 e. The number of anilines is 1. The van der Waals surface area contributed by atoms with Crippen LogP contribution in [0.4, 0.5) is 5.69 Å². The van der Waals surface area contributed by atoms with Crippen molar-refractivity contribution in [1.29, 1.82) is 5.41 Å². The van der Waals surface area contributed by atoms with E-state index in [4.69, 9.17) is 24.6 Å². The van der Waals surface area contributed by atoms with Crippen LogP contribution in [0.1, 0.15) is 56.7 Å². The van der Waals surface area contributed by atoms with Gasteiger partial charge in [-0.2, -0.15) is 0 Å². The molecule has 0 bridgehead atoms. The Bertz CT molecular complexity index is 1020. The molecule has 1 atom stereocenters. The van der Waals surface area contributed by atoms with Crippen molar-refractivity contribution < 1.29 is 14.2 Å². The first kappa shape index (κ1) is 22.7. The van der Waals surface area contributed by atoms with Crippen molar-refractivity contribution in [2.75, 3.05) is 31.2 Å². The van der Waals surface area contributed by atoms with Crippen molar-refractivity contribution in [2.45, 2.75) is 51.1 Å². The maximum Gasteiger partial charge on any atom is 0.186 e. The third kappa shape index (κ3) is 4.12. The molecule has 0 radical (unpaired) electrons. The molecule has 0 amide bonds. The van der Waals surface area contributed by atoms with Gasteiger partial charge in [-0.25, -0.2) is 0 Å². The van der Waals surface area contributed by atoms with Crippen LogP contribution in [-0.2, 0) is 21.3 Å². The predicted octanol–water partition coefficient (Wildman–Crippen LogP) is 3.66. The Balaban J connectivity index is 1.66. The van der Waals surface area contributed by atoms with E-state index in [0.29, 0.717) is 5.49 Å². The summed E-state index contributed by atoms with van der Waals surface area (Å²) >= 11 is 0. The van der Waals surface area contributed by atoms with E-state index in [0.717, 1.165) is 48.8 Å². The molecule has 1 N–H and O–H groups in total. The van der Waals surface area contributed by atoms with Crippen molar-refractivity contribution in [2.24, 2.45) is 7.05 Å². The summed E-state index contributed by atoms with van der Waals surface area (Å²) in [4.78, 5) is 7.01. The number of nitrogens with one attached hydrogen (secondary N) is 1. The predicted molar refractivity (Wildman–Crippen MR) is 124 cm³/mol. The Morgan fingerprint density at radius 3 is 2.38 bits per heavy atom. The summed E-state index contributed by atoms with van der Waals surface area (Å²) in [5.74, 6) is -0.213. The summed E-state index contributed by atoms with van der Waals surface area (Å²) in [6.07, 6.45) is 5.16. The molecule has 32 heavy (non-hydrogen) atoms. The molecule has 2 aromatic rings. The highest BCUT2D eigenvalue weighted by Crippen LogP contribution is 2.44. The van der Waals surface area contributed by atoms with Gasteiger partial charge in [-0.3, -0.25) is 10.4 Å². The number of hydrogen-bond acceptors (Lipinski definition) is 6. The number of ether oxygens (including phenoxy) is 3. The van der Waals surface area contributed by atoms with Gasteiger partial charge in [0.2, 0.25) is 0 Å². The first-order valence-corrected chi connectivity index (χ1v) is 11.1. The van der Waals surface area contributed by atoms with E-state index in [1.54, 1.807) is 4.57 Å². The fourth-order valence-corrected chi connectivity index (χ4v) is 4.12. The average Bonchev–Trinajstić information content (AvgIpc) is 2.99. The Kier molecular flexibility index (Phi) is 6.00. The lowest BCUT2D eigenvalue weighted by molar-refractivity contribution is -0.0899. The van der Waals surface area contributed by atoms with Crippen molar-refractivity contribution in [3.63, 3.8) is 0 Å². The summed E-state index contributed by atoms with van der Waals surface area (Å²) in [6.45, 7) is 15.4. The lowest BCUT2D eigenvalue weighted by Crippen LogP contribution is -2.41. The molecular weight excluding hydrogens is 404 g/mol. The molecule has 0 aliphatic carbocycles. The van der Waals surface area contributed by atoms with Gasteiger partial charge in [0.1, 0.15) is 5.49 Å². The highest BCUT2D eigenvalue weighted by Gasteiger charge is 2.49. The number of rotatable bonds is 5. The third-order valence-electron chi connectivity index (χ3n) is 6.85. The van der Waals surface area contributed by atoms with E-state index >= 15 is 0 Å². The number of aryl methyl sites for hydroxylation is 1. The minimum Gasteiger partial charge on any atom is -0.378 e. The van der Waals surface area contributed by atoms with Crippen LogP contribution in [0.25, 0.3) is 0 Å². The van der Waals surface area contributed by atoms with Crippen molar-refractivity contribution in [3.8, 4) is 0 Å². The highest BCUT2D eigenvalue weighted by molar-refractivity contribution is 5.46. The molecule has 1 unspecified atom stereocenters. The van der Waals surface area contributed by atoms with Gasteiger partial charge >= 0.3 is 0 Å².